The Hall–Kier alpha value is -3.90. The molecule has 1 aliphatic carbocycles. The molecule has 0 unspecified atom stereocenters. The Morgan fingerprint density at radius 2 is 1.61 bits per heavy atom. The molecule has 0 atom stereocenters. The topological polar surface area (TPSA) is 21.4 Å². The van der Waals surface area contributed by atoms with Crippen molar-refractivity contribution in [2.24, 2.45) is 7.05 Å². The van der Waals surface area contributed by atoms with E-state index in [4.69, 9.17) is 17.8 Å². The number of pyridine rings is 1. The van der Waals surface area contributed by atoms with Crippen molar-refractivity contribution in [2.75, 3.05) is 0 Å². The van der Waals surface area contributed by atoms with Crippen LogP contribution in [0.25, 0.3) is 49.2 Å². The highest BCUT2D eigenvalue weighted by atomic mass is 16.3. The van der Waals surface area contributed by atoms with E-state index in [0.29, 0.717) is 17.1 Å². The number of aryl methyl sites for hydroxylation is 1. The first-order valence-corrected chi connectivity index (χ1v) is 12.5. The van der Waals surface area contributed by atoms with Crippen molar-refractivity contribution in [1.82, 2.24) is 0 Å². The maximum absolute atomic E-state index is 8.62. The lowest BCUT2D eigenvalue weighted by Crippen LogP contribution is -2.36. The minimum atomic E-state index is -0.469. The minimum absolute atomic E-state index is 0.0230. The van der Waals surface area contributed by atoms with E-state index in [1.165, 1.54) is 42.5 Å². The van der Waals surface area contributed by atoms with Crippen molar-refractivity contribution in [3.63, 3.8) is 0 Å². The highest BCUT2D eigenvalue weighted by molar-refractivity contribution is 6.15. The van der Waals surface area contributed by atoms with Crippen molar-refractivity contribution in [3.05, 3.63) is 94.3 Å². The van der Waals surface area contributed by atoms with Gasteiger partial charge in [-0.3, -0.25) is 0 Å². The fourth-order valence-corrected chi connectivity index (χ4v) is 5.91. The van der Waals surface area contributed by atoms with Crippen LogP contribution >= 0.6 is 0 Å². The number of aromatic nitrogens is 1. The fourth-order valence-electron chi connectivity index (χ4n) is 5.91. The van der Waals surface area contributed by atoms with Gasteiger partial charge in [0.1, 0.15) is 18.2 Å². The molecule has 2 aromatic heterocycles. The van der Waals surface area contributed by atoms with Crippen LogP contribution in [0.3, 0.4) is 0 Å². The Morgan fingerprint density at radius 1 is 0.944 bits per heavy atom. The third-order valence-corrected chi connectivity index (χ3v) is 8.05. The average molecular weight is 477 g/mol. The maximum Gasteiger partial charge on any atom is 0.216 e. The molecule has 3 aromatic carbocycles. The second-order valence-electron chi connectivity index (χ2n) is 9.92. The van der Waals surface area contributed by atoms with Crippen molar-refractivity contribution in [1.29, 1.82) is 0 Å². The van der Waals surface area contributed by atoms with Crippen LogP contribution in [0, 0.1) is 27.3 Å². The van der Waals surface area contributed by atoms with Gasteiger partial charge in [0, 0.05) is 34.9 Å². The van der Waals surface area contributed by atoms with Gasteiger partial charge in [-0.05, 0) is 49.3 Å². The Labute approximate surface area is 219 Å². The van der Waals surface area contributed by atoms with Gasteiger partial charge in [-0.1, -0.05) is 67.3 Å². The highest BCUT2D eigenvalue weighted by Crippen LogP contribution is 2.45. The zero-order chi connectivity index (χ0) is 29.3. The molecule has 178 valence electrons. The summed E-state index contributed by atoms with van der Waals surface area (Å²) in [5, 5.41) is 1.59. The standard InChI is InChI=1S/C33H31N2O/c1-20-15-16-25-26-17-18-28(34-4)31(24-13-7-6-8-14-24)33(26)36-32(25)30(20)29-19-27(23-11-9-10-12-23)21(2)22(3)35(29)5/h6-8,13-19,23H,9-12H2,1-3,5H3/q+1/i6D,7D,8D,13D,14D. The lowest BCUT2D eigenvalue weighted by molar-refractivity contribution is -0.667. The monoisotopic (exact) mass is 476 g/mol. The van der Waals surface area contributed by atoms with Gasteiger partial charge in [-0.25, -0.2) is 4.85 Å². The number of nitrogens with zero attached hydrogens (tertiary/aromatic N) is 2. The van der Waals surface area contributed by atoms with Crippen LogP contribution < -0.4 is 4.57 Å². The summed E-state index contributed by atoms with van der Waals surface area (Å²) in [5.74, 6) is 0.542. The summed E-state index contributed by atoms with van der Waals surface area (Å²) in [5.41, 5.74) is 8.34. The van der Waals surface area contributed by atoms with E-state index in [1.54, 1.807) is 6.07 Å². The van der Waals surface area contributed by atoms with Crippen molar-refractivity contribution < 1.29 is 15.8 Å². The first kappa shape index (κ1) is 17.5. The first-order chi connectivity index (χ1) is 19.6. The molecule has 0 N–H and O–H groups in total. The molecular weight excluding hydrogens is 440 g/mol. The molecule has 3 heteroatoms. The first-order valence-electron chi connectivity index (χ1n) is 15.0. The summed E-state index contributed by atoms with van der Waals surface area (Å²) in [4.78, 5) is 3.67. The van der Waals surface area contributed by atoms with Crippen molar-refractivity contribution in [3.8, 4) is 22.4 Å². The molecule has 36 heavy (non-hydrogen) atoms. The molecular formula is C33H31N2O+. The van der Waals surface area contributed by atoms with Gasteiger partial charge in [0.05, 0.1) is 19.0 Å². The lowest BCUT2D eigenvalue weighted by Gasteiger charge is -2.16. The van der Waals surface area contributed by atoms with Gasteiger partial charge >= 0.3 is 0 Å². The van der Waals surface area contributed by atoms with Crippen LogP contribution in [0.5, 0.6) is 0 Å². The Balaban J connectivity index is 1.72. The van der Waals surface area contributed by atoms with Crippen molar-refractivity contribution in [2.45, 2.75) is 52.4 Å². The number of hydrogen-bond acceptors (Lipinski definition) is 1. The highest BCUT2D eigenvalue weighted by Gasteiger charge is 2.28. The van der Waals surface area contributed by atoms with E-state index < -0.39 is 18.1 Å². The van der Waals surface area contributed by atoms with Gasteiger partial charge in [0.2, 0.25) is 5.69 Å². The second-order valence-corrected chi connectivity index (χ2v) is 9.92. The molecule has 0 amide bonds. The zero-order valence-electron chi connectivity index (χ0n) is 26.1. The second kappa shape index (κ2) is 8.64. The van der Waals surface area contributed by atoms with E-state index >= 15 is 0 Å². The summed E-state index contributed by atoms with van der Waals surface area (Å²) in [6.07, 6.45) is 4.90. The van der Waals surface area contributed by atoms with Crippen LogP contribution in [0.1, 0.15) is 60.8 Å². The Morgan fingerprint density at radius 3 is 2.31 bits per heavy atom. The van der Waals surface area contributed by atoms with Gasteiger partial charge in [0.25, 0.3) is 0 Å². The van der Waals surface area contributed by atoms with E-state index in [9.17, 15) is 0 Å². The largest absolute Gasteiger partial charge is 0.456 e. The van der Waals surface area contributed by atoms with Gasteiger partial charge < -0.3 is 4.42 Å². The normalized spacial score (nSPS) is 16.0. The smallest absolute Gasteiger partial charge is 0.216 e. The van der Waals surface area contributed by atoms with Crippen LogP contribution in [0.2, 0.25) is 0 Å². The van der Waals surface area contributed by atoms with E-state index in [1.807, 2.05) is 12.1 Å². The SMILES string of the molecule is [2H]c1c([2H])c([2H])c(-c2c([N+]#[C-])ccc3c2oc2c(-c4cc(C5CCCC5)c(C)c(C)[n+]4C)c(C)ccc23)c([2H])c1[2H]. The third-order valence-electron chi connectivity index (χ3n) is 8.05. The molecule has 0 saturated heterocycles. The number of furan rings is 1. The van der Waals surface area contributed by atoms with E-state index in [-0.39, 0.29) is 28.9 Å². The summed E-state index contributed by atoms with van der Waals surface area (Å²) >= 11 is 0. The third kappa shape index (κ3) is 3.36. The fraction of sp³-hybridized carbons (Fsp3) is 0.273. The summed E-state index contributed by atoms with van der Waals surface area (Å²) in [6.45, 7) is 14.3. The molecule has 1 saturated carbocycles. The van der Waals surface area contributed by atoms with Gasteiger partial charge in [-0.2, -0.15) is 4.57 Å². The molecule has 0 radical (unpaired) electrons. The average Bonchev–Trinajstić information content (AvgIpc) is 3.63. The zero-order valence-corrected chi connectivity index (χ0v) is 21.1. The number of benzene rings is 3. The summed E-state index contributed by atoms with van der Waals surface area (Å²) in [7, 11) is 2.08. The number of fused-ring (bicyclic) bond motifs is 3. The molecule has 5 aromatic rings. The molecule has 0 bridgehead atoms. The van der Waals surface area contributed by atoms with Gasteiger partial charge in [-0.15, -0.1) is 0 Å². The Kier molecular flexibility index (Phi) is 4.21. The Bertz CT molecular complexity index is 1930. The maximum atomic E-state index is 8.62. The molecule has 3 nitrogen and oxygen atoms in total. The van der Waals surface area contributed by atoms with Crippen LogP contribution in [0.4, 0.5) is 5.69 Å². The number of hydrogen-bond donors (Lipinski definition) is 0. The molecule has 1 fully saturated rings. The van der Waals surface area contributed by atoms with Crippen molar-refractivity contribution >= 4 is 27.6 Å². The number of rotatable bonds is 3. The van der Waals surface area contributed by atoms with E-state index in [2.05, 4.69) is 49.4 Å². The molecule has 0 aliphatic heterocycles. The lowest BCUT2D eigenvalue weighted by atomic mass is 9.90. The van der Waals surface area contributed by atoms with Crippen LogP contribution in [-0.4, -0.2) is 0 Å². The molecule has 2 heterocycles. The van der Waals surface area contributed by atoms with Crippen LogP contribution in [-0.2, 0) is 7.05 Å². The van der Waals surface area contributed by atoms with E-state index in [0.717, 1.165) is 27.6 Å². The van der Waals surface area contributed by atoms with Crippen LogP contribution in [0.15, 0.2) is 65.0 Å². The summed E-state index contributed by atoms with van der Waals surface area (Å²) < 4.78 is 50.6. The predicted octanol–water partition coefficient (Wildman–Crippen LogP) is 8.88. The summed E-state index contributed by atoms with van der Waals surface area (Å²) in [6, 6.07) is 7.80. The quantitative estimate of drug-likeness (QED) is 0.188. The molecule has 6 rings (SSSR count). The van der Waals surface area contributed by atoms with Gasteiger partial charge in [0.15, 0.2) is 11.4 Å². The minimum Gasteiger partial charge on any atom is -0.456 e. The molecule has 0 spiro atoms. The predicted molar refractivity (Wildman–Crippen MR) is 147 cm³/mol. The molecule has 1 aliphatic rings.